The van der Waals surface area contributed by atoms with Crippen LogP contribution in [0, 0.1) is 11.8 Å². The SMILES string of the molecule is O=C1CCC(N2C(=O)c3ccc(OC4CN(CC#Cc5ccc(O)cn5)C4)cc3C2=O)C(=O)N1. The molecule has 10 heteroatoms. The third-order valence-corrected chi connectivity index (χ3v) is 5.90. The van der Waals surface area contributed by atoms with Gasteiger partial charge in [-0.25, -0.2) is 4.98 Å². The molecule has 2 aromatic rings. The highest BCUT2D eigenvalue weighted by molar-refractivity contribution is 6.23. The number of piperidine rings is 1. The zero-order valence-corrected chi connectivity index (χ0v) is 18.0. The topological polar surface area (TPSA) is 129 Å². The van der Waals surface area contributed by atoms with Crippen LogP contribution in [0.1, 0.15) is 39.3 Å². The standard InChI is InChI=1S/C24H20N4O6/c29-15-4-3-14(25-11-15)2-1-9-27-12-17(13-27)34-16-5-6-18-19(10-16)24(33)28(23(18)32)20-7-8-21(30)26-22(20)31/h3-6,10-11,17,20,29H,7-9,12-13H2,(H,26,30,31). The second-order valence-corrected chi connectivity index (χ2v) is 8.29. The summed E-state index contributed by atoms with van der Waals surface area (Å²) in [6.45, 7) is 1.86. The molecule has 4 amide bonds. The number of carbonyl (C=O) groups excluding carboxylic acids is 4. The van der Waals surface area contributed by atoms with Crippen molar-refractivity contribution in [1.82, 2.24) is 20.1 Å². The van der Waals surface area contributed by atoms with Crippen LogP contribution in [0.5, 0.6) is 11.5 Å². The number of rotatable bonds is 4. The summed E-state index contributed by atoms with van der Waals surface area (Å²) < 4.78 is 5.95. The average molecular weight is 460 g/mol. The van der Waals surface area contributed by atoms with E-state index in [4.69, 9.17) is 4.74 Å². The maximum Gasteiger partial charge on any atom is 0.262 e. The van der Waals surface area contributed by atoms with E-state index in [9.17, 15) is 24.3 Å². The van der Waals surface area contributed by atoms with Crippen molar-refractivity contribution in [2.75, 3.05) is 19.6 Å². The minimum atomic E-state index is -0.993. The number of imide groups is 2. The van der Waals surface area contributed by atoms with E-state index in [2.05, 4.69) is 27.0 Å². The zero-order chi connectivity index (χ0) is 23.8. The number of hydrogen-bond donors (Lipinski definition) is 2. The Morgan fingerprint density at radius 3 is 2.62 bits per heavy atom. The van der Waals surface area contributed by atoms with Crippen molar-refractivity contribution in [2.24, 2.45) is 0 Å². The predicted octanol–water partition coefficient (Wildman–Crippen LogP) is 0.303. The Morgan fingerprint density at radius 2 is 1.88 bits per heavy atom. The van der Waals surface area contributed by atoms with Crippen molar-refractivity contribution in [1.29, 1.82) is 0 Å². The molecule has 1 aromatic heterocycles. The molecule has 2 saturated heterocycles. The van der Waals surface area contributed by atoms with E-state index in [1.165, 1.54) is 24.4 Å². The fraction of sp³-hybridized carbons (Fsp3) is 0.292. The van der Waals surface area contributed by atoms with Crippen LogP contribution in [0.3, 0.4) is 0 Å². The normalized spacial score (nSPS) is 20.4. The highest BCUT2D eigenvalue weighted by atomic mass is 16.5. The minimum Gasteiger partial charge on any atom is -0.506 e. The van der Waals surface area contributed by atoms with Gasteiger partial charge in [0.15, 0.2) is 0 Å². The lowest BCUT2D eigenvalue weighted by Gasteiger charge is -2.37. The first-order valence-corrected chi connectivity index (χ1v) is 10.8. The summed E-state index contributed by atoms with van der Waals surface area (Å²) >= 11 is 0. The Bertz CT molecular complexity index is 1260. The highest BCUT2D eigenvalue weighted by Gasteiger charge is 2.44. The van der Waals surface area contributed by atoms with Crippen LogP contribution >= 0.6 is 0 Å². The van der Waals surface area contributed by atoms with Gasteiger partial charge in [0.25, 0.3) is 11.8 Å². The smallest absolute Gasteiger partial charge is 0.262 e. The lowest BCUT2D eigenvalue weighted by atomic mass is 10.0. The fourth-order valence-corrected chi connectivity index (χ4v) is 4.14. The molecule has 4 heterocycles. The van der Waals surface area contributed by atoms with Gasteiger partial charge >= 0.3 is 0 Å². The molecule has 0 aliphatic carbocycles. The zero-order valence-electron chi connectivity index (χ0n) is 18.0. The number of aromatic nitrogens is 1. The molecule has 1 aromatic carbocycles. The predicted molar refractivity (Wildman–Crippen MR) is 117 cm³/mol. The number of benzene rings is 1. The molecule has 34 heavy (non-hydrogen) atoms. The summed E-state index contributed by atoms with van der Waals surface area (Å²) in [6, 6.07) is 6.88. The quantitative estimate of drug-likeness (QED) is 0.493. The van der Waals surface area contributed by atoms with Crippen LogP contribution in [0.4, 0.5) is 0 Å². The number of nitrogens with zero attached hydrogens (tertiary/aromatic N) is 3. The fourth-order valence-electron chi connectivity index (χ4n) is 4.14. The number of aromatic hydroxyl groups is 1. The van der Waals surface area contributed by atoms with Crippen LogP contribution in [-0.2, 0) is 9.59 Å². The van der Waals surface area contributed by atoms with Gasteiger partial charge in [-0.15, -0.1) is 0 Å². The minimum absolute atomic E-state index is 0.0756. The largest absolute Gasteiger partial charge is 0.506 e. The van der Waals surface area contributed by atoms with Crippen LogP contribution in [0.15, 0.2) is 36.5 Å². The monoisotopic (exact) mass is 460 g/mol. The first-order chi connectivity index (χ1) is 16.4. The molecule has 0 spiro atoms. The van der Waals surface area contributed by atoms with E-state index in [1.54, 1.807) is 12.1 Å². The molecule has 172 valence electrons. The summed E-state index contributed by atoms with van der Waals surface area (Å²) in [4.78, 5) is 56.3. The maximum atomic E-state index is 12.9. The lowest BCUT2D eigenvalue weighted by molar-refractivity contribution is -0.136. The molecule has 1 unspecified atom stereocenters. The number of pyridine rings is 1. The van der Waals surface area contributed by atoms with Crippen molar-refractivity contribution >= 4 is 23.6 Å². The Kier molecular flexibility index (Phi) is 5.47. The van der Waals surface area contributed by atoms with Crippen molar-refractivity contribution in [3.63, 3.8) is 0 Å². The second kappa shape index (κ2) is 8.61. The van der Waals surface area contributed by atoms with E-state index < -0.39 is 29.7 Å². The van der Waals surface area contributed by atoms with Crippen LogP contribution in [0.25, 0.3) is 0 Å². The average Bonchev–Trinajstić information content (AvgIpc) is 3.03. The van der Waals surface area contributed by atoms with Crippen LogP contribution < -0.4 is 10.1 Å². The van der Waals surface area contributed by atoms with Gasteiger partial charge in [0.05, 0.1) is 23.9 Å². The van der Waals surface area contributed by atoms with Gasteiger partial charge in [-0.05, 0) is 42.7 Å². The third kappa shape index (κ3) is 4.09. The summed E-state index contributed by atoms with van der Waals surface area (Å²) in [6.07, 6.45) is 1.45. The van der Waals surface area contributed by atoms with Gasteiger partial charge in [-0.2, -0.15) is 0 Å². The maximum absolute atomic E-state index is 12.9. The van der Waals surface area contributed by atoms with Crippen LogP contribution in [0.2, 0.25) is 0 Å². The number of fused-ring (bicyclic) bond motifs is 1. The molecule has 2 fully saturated rings. The molecular weight excluding hydrogens is 440 g/mol. The van der Waals surface area contributed by atoms with E-state index >= 15 is 0 Å². The molecule has 2 N–H and O–H groups in total. The molecule has 1 atom stereocenters. The van der Waals surface area contributed by atoms with E-state index in [-0.39, 0.29) is 35.8 Å². The van der Waals surface area contributed by atoms with Crippen molar-refractivity contribution in [2.45, 2.75) is 25.0 Å². The lowest BCUT2D eigenvalue weighted by Crippen LogP contribution is -2.54. The number of likely N-dealkylation sites (tertiary alicyclic amines) is 1. The Morgan fingerprint density at radius 1 is 1.09 bits per heavy atom. The van der Waals surface area contributed by atoms with Crippen molar-refractivity contribution in [3.8, 4) is 23.3 Å². The number of nitrogens with one attached hydrogen (secondary N) is 1. The van der Waals surface area contributed by atoms with Gasteiger partial charge in [0.2, 0.25) is 11.8 Å². The number of hydrogen-bond acceptors (Lipinski definition) is 8. The molecule has 0 bridgehead atoms. The number of ether oxygens (including phenoxy) is 1. The summed E-state index contributed by atoms with van der Waals surface area (Å²) in [7, 11) is 0. The van der Waals surface area contributed by atoms with Crippen molar-refractivity contribution < 1.29 is 29.0 Å². The molecule has 0 saturated carbocycles. The Hall–Kier alpha value is -4.23. The van der Waals surface area contributed by atoms with Gasteiger partial charge in [0, 0.05) is 19.5 Å². The highest BCUT2D eigenvalue weighted by Crippen LogP contribution is 2.31. The van der Waals surface area contributed by atoms with Crippen LogP contribution in [-0.4, -0.2) is 75.3 Å². The number of carbonyl (C=O) groups is 4. The molecular formula is C24H20N4O6. The second-order valence-electron chi connectivity index (χ2n) is 8.29. The van der Waals surface area contributed by atoms with Gasteiger partial charge < -0.3 is 9.84 Å². The summed E-state index contributed by atoms with van der Waals surface area (Å²) in [5.74, 6) is 4.37. The Balaban J connectivity index is 1.18. The molecule has 5 rings (SSSR count). The van der Waals surface area contributed by atoms with E-state index in [0.29, 0.717) is 31.1 Å². The molecule has 3 aliphatic rings. The molecule has 0 radical (unpaired) electrons. The third-order valence-electron chi connectivity index (χ3n) is 5.90. The van der Waals surface area contributed by atoms with Gasteiger partial charge in [-0.3, -0.25) is 34.3 Å². The van der Waals surface area contributed by atoms with E-state index in [0.717, 1.165) is 4.90 Å². The van der Waals surface area contributed by atoms with Crippen molar-refractivity contribution in [3.05, 3.63) is 53.3 Å². The summed E-state index contributed by atoms with van der Waals surface area (Å²) in [5.41, 5.74) is 0.987. The van der Waals surface area contributed by atoms with E-state index in [1.807, 2.05) is 0 Å². The number of amides is 4. The molecule has 10 nitrogen and oxygen atoms in total. The Labute approximate surface area is 194 Å². The van der Waals surface area contributed by atoms with Gasteiger partial charge in [-0.1, -0.05) is 5.92 Å². The summed E-state index contributed by atoms with van der Waals surface area (Å²) in [5, 5.41) is 11.4. The first-order valence-electron chi connectivity index (χ1n) is 10.8. The first kappa shape index (κ1) is 21.6. The molecule has 3 aliphatic heterocycles. The van der Waals surface area contributed by atoms with Gasteiger partial charge in [0.1, 0.15) is 29.3 Å².